The molecular weight excluding hydrogens is 1100 g/mol. The summed E-state index contributed by atoms with van der Waals surface area (Å²) in [7, 11) is -1.41. The van der Waals surface area contributed by atoms with Gasteiger partial charge in [0, 0.05) is 116 Å². The smallest absolute Gasteiger partial charge is 0.410 e. The van der Waals surface area contributed by atoms with Crippen molar-refractivity contribution in [1.29, 1.82) is 0 Å². The number of carbonyl (C=O) groups is 3. The molecule has 2 aromatic carbocycles. The lowest BCUT2D eigenvalue weighted by molar-refractivity contribution is -0.122. The Bertz CT molecular complexity index is 2750. The quantitative estimate of drug-likeness (QED) is 0.0725. The van der Waals surface area contributed by atoms with Crippen LogP contribution in [0.1, 0.15) is 68.7 Å². The van der Waals surface area contributed by atoms with Gasteiger partial charge in [0.25, 0.3) is 0 Å². The number of benzene rings is 2. The number of hydrogen-bond acceptors (Lipinski definition) is 15. The number of amides is 3. The summed E-state index contributed by atoms with van der Waals surface area (Å²) in [6, 6.07) is 14.8. The van der Waals surface area contributed by atoms with E-state index in [0.29, 0.717) is 70.1 Å². The van der Waals surface area contributed by atoms with Gasteiger partial charge in [-0.05, 0) is 157 Å². The topological polar surface area (TPSA) is 225 Å². The van der Waals surface area contributed by atoms with Crippen molar-refractivity contribution in [1.82, 2.24) is 39.4 Å². The number of sulfonamides is 2. The standard InChI is InChI=1S/C30H45N5O6S.C25H37N5O4S.2ClH/c1-22-18-26(40-7)19-23(2)28(22)42(38,39)33(6)16-17-35(29(37)41-30(3,4)5)21-27(36)32-20-24-10-14-34(15-11-24)25-8-12-31-13-9-25;1-19-15-23(34-4)16-20(2)25(19)35(32,33)29(3)14-11-27-18-24(31)28-17-21-7-12-30(13-8-21)22-5-9-26-10-6-22;;/h8-9,12-13,18-19,24H,10-11,14-17,20-21H2,1-7H3,(H,32,36);5-6,9-10,15-16,21,27H,7-8,11-14,17-18H2,1-4H3,(H,28,31);2*1H. The van der Waals surface area contributed by atoms with Crippen LogP contribution >= 0.6 is 24.8 Å². The molecule has 2 aliphatic rings. The fourth-order valence-corrected chi connectivity index (χ4v) is 12.5. The van der Waals surface area contributed by atoms with E-state index in [1.54, 1.807) is 99.3 Å². The van der Waals surface area contributed by atoms with Gasteiger partial charge in [0.2, 0.25) is 31.9 Å². The lowest BCUT2D eigenvalue weighted by Crippen LogP contribution is -2.47. The van der Waals surface area contributed by atoms with Gasteiger partial charge in [0.15, 0.2) is 0 Å². The zero-order chi connectivity index (χ0) is 56.5. The number of rotatable bonds is 22. The molecule has 0 unspecified atom stereocenters. The zero-order valence-corrected chi connectivity index (χ0v) is 51.0. The highest BCUT2D eigenvalue weighted by Gasteiger charge is 2.30. The SMILES string of the molecule is COc1cc(C)c(S(=O)(=O)N(C)CCN(CC(=O)NCC2CCN(c3ccncc3)CC2)C(=O)OC(C)(C)C)c(C)c1.COc1cc(C)c(S(=O)(=O)N(C)CCNCC(=O)NCC2CCN(c3ccncc3)CC2)c(C)c1.Cl.Cl. The van der Waals surface area contributed by atoms with Crippen LogP contribution in [0.2, 0.25) is 0 Å². The maximum atomic E-state index is 13.5. The summed E-state index contributed by atoms with van der Waals surface area (Å²) in [6.45, 7) is 17.6. The lowest BCUT2D eigenvalue weighted by atomic mass is 9.96. The number of methoxy groups -OCH3 is 2. The Labute approximate surface area is 481 Å². The van der Waals surface area contributed by atoms with Gasteiger partial charge < -0.3 is 40.0 Å². The van der Waals surface area contributed by atoms with Gasteiger partial charge in [0.05, 0.1) is 30.6 Å². The summed E-state index contributed by atoms with van der Waals surface area (Å²) >= 11 is 0. The minimum Gasteiger partial charge on any atom is -0.497 e. The molecular formula is C55H84Cl2N10O10S2. The summed E-state index contributed by atoms with van der Waals surface area (Å²) in [6.07, 6.45) is 10.4. The third-order valence-electron chi connectivity index (χ3n) is 13.7. The molecule has 2 aliphatic heterocycles. The predicted molar refractivity (Wildman–Crippen MR) is 314 cm³/mol. The monoisotopic (exact) mass is 1180 g/mol. The number of carbonyl (C=O) groups excluding carboxylic acids is 3. The molecule has 3 N–H and O–H groups in total. The number of nitrogens with one attached hydrogen (secondary N) is 3. The first-order chi connectivity index (χ1) is 36.4. The number of anilines is 2. The van der Waals surface area contributed by atoms with Crippen molar-refractivity contribution < 1.29 is 45.4 Å². The van der Waals surface area contributed by atoms with Crippen LogP contribution in [0.25, 0.3) is 0 Å². The lowest BCUT2D eigenvalue weighted by Gasteiger charge is -2.33. The van der Waals surface area contributed by atoms with E-state index in [9.17, 15) is 31.2 Å². The predicted octanol–water partition coefficient (Wildman–Crippen LogP) is 6.39. The number of aromatic nitrogens is 2. The Morgan fingerprint density at radius 2 is 1.00 bits per heavy atom. The second kappa shape index (κ2) is 31.5. The van der Waals surface area contributed by atoms with Crippen molar-refractivity contribution in [2.75, 3.05) is 117 Å². The van der Waals surface area contributed by atoms with Gasteiger partial charge in [-0.1, -0.05) is 0 Å². The Hall–Kier alpha value is -5.49. The fourth-order valence-electron chi connectivity index (χ4n) is 9.39. The molecule has 4 heterocycles. The Balaban J connectivity index is 0.000000411. The fraction of sp³-hybridized carbons (Fsp3) is 0.545. The number of pyridine rings is 2. The molecule has 4 aromatic rings. The van der Waals surface area contributed by atoms with E-state index in [2.05, 4.69) is 35.7 Å². The number of piperidine rings is 2. The Morgan fingerprint density at radius 3 is 1.38 bits per heavy atom. The average Bonchev–Trinajstić information content (AvgIpc) is 3.39. The molecule has 20 nitrogen and oxygen atoms in total. The van der Waals surface area contributed by atoms with Gasteiger partial charge in [-0.2, -0.15) is 8.61 Å². The highest BCUT2D eigenvalue weighted by molar-refractivity contribution is 7.89. The molecule has 0 radical (unpaired) electrons. The van der Waals surface area contributed by atoms with Crippen LogP contribution in [0, 0.1) is 39.5 Å². The number of ether oxygens (including phenoxy) is 3. The van der Waals surface area contributed by atoms with Crippen molar-refractivity contribution in [3.63, 3.8) is 0 Å². The van der Waals surface area contributed by atoms with Gasteiger partial charge >= 0.3 is 6.09 Å². The summed E-state index contributed by atoms with van der Waals surface area (Å²) in [4.78, 5) is 52.8. The maximum absolute atomic E-state index is 13.5. The van der Waals surface area contributed by atoms with Gasteiger partial charge in [-0.25, -0.2) is 21.6 Å². The van der Waals surface area contributed by atoms with Crippen molar-refractivity contribution in [3.8, 4) is 11.5 Å². The van der Waals surface area contributed by atoms with Crippen LogP contribution in [0.3, 0.4) is 0 Å². The second-order valence-electron chi connectivity index (χ2n) is 20.8. The molecule has 2 fully saturated rings. The highest BCUT2D eigenvalue weighted by atomic mass is 35.5. The molecule has 440 valence electrons. The van der Waals surface area contributed by atoms with Crippen LogP contribution in [-0.4, -0.2) is 171 Å². The molecule has 24 heteroatoms. The number of hydrogen-bond donors (Lipinski definition) is 3. The summed E-state index contributed by atoms with van der Waals surface area (Å²) in [5.74, 6) is 1.61. The number of aryl methyl sites for hydroxylation is 4. The van der Waals surface area contributed by atoms with E-state index in [-0.39, 0.29) is 74.2 Å². The van der Waals surface area contributed by atoms with Crippen LogP contribution < -0.4 is 35.2 Å². The van der Waals surface area contributed by atoms with Gasteiger partial charge in [-0.3, -0.25) is 24.5 Å². The first-order valence-corrected chi connectivity index (χ1v) is 29.1. The summed E-state index contributed by atoms with van der Waals surface area (Å²) < 4.78 is 71.6. The van der Waals surface area contributed by atoms with Crippen molar-refractivity contribution >= 4 is 74.1 Å². The third kappa shape index (κ3) is 20.2. The van der Waals surface area contributed by atoms with Crippen molar-refractivity contribution in [2.45, 2.75) is 89.5 Å². The number of halogens is 2. The van der Waals surface area contributed by atoms with Crippen LogP contribution in [0.5, 0.6) is 11.5 Å². The molecule has 0 atom stereocenters. The summed E-state index contributed by atoms with van der Waals surface area (Å²) in [5, 5.41) is 9.02. The second-order valence-corrected chi connectivity index (χ2v) is 24.8. The van der Waals surface area contributed by atoms with Crippen LogP contribution in [0.15, 0.2) is 83.1 Å². The van der Waals surface area contributed by atoms with Crippen LogP contribution in [0.4, 0.5) is 16.2 Å². The highest BCUT2D eigenvalue weighted by Crippen LogP contribution is 2.30. The molecule has 3 amide bonds. The number of nitrogens with zero attached hydrogens (tertiary/aromatic N) is 7. The molecule has 6 rings (SSSR count). The molecule has 79 heavy (non-hydrogen) atoms. The van der Waals surface area contributed by atoms with Gasteiger partial charge in [0.1, 0.15) is 23.6 Å². The molecule has 0 spiro atoms. The molecule has 0 aliphatic carbocycles. The molecule has 0 saturated carbocycles. The van der Waals surface area contributed by atoms with E-state index in [4.69, 9.17) is 14.2 Å². The first kappa shape index (κ1) is 67.8. The Morgan fingerprint density at radius 1 is 0.620 bits per heavy atom. The third-order valence-corrected chi connectivity index (χ3v) is 18.0. The normalized spacial score (nSPS) is 14.3. The van der Waals surface area contributed by atoms with Crippen molar-refractivity contribution in [2.24, 2.45) is 11.8 Å². The largest absolute Gasteiger partial charge is 0.497 e. The van der Waals surface area contributed by atoms with E-state index in [1.165, 1.54) is 33.4 Å². The van der Waals surface area contributed by atoms with Gasteiger partial charge in [-0.15, -0.1) is 24.8 Å². The minimum absolute atomic E-state index is 0. The maximum Gasteiger partial charge on any atom is 0.410 e. The number of likely N-dealkylation sites (N-methyl/N-ethyl adjacent to an activating group) is 2. The van der Waals surface area contributed by atoms with E-state index in [1.807, 2.05) is 36.7 Å². The zero-order valence-electron chi connectivity index (χ0n) is 47.7. The summed E-state index contributed by atoms with van der Waals surface area (Å²) in [5.41, 5.74) is 3.98. The molecule has 0 bridgehead atoms. The van der Waals surface area contributed by atoms with E-state index >= 15 is 0 Å². The van der Waals surface area contributed by atoms with Crippen molar-refractivity contribution in [3.05, 3.63) is 95.6 Å². The molecule has 2 aromatic heterocycles. The van der Waals surface area contributed by atoms with E-state index in [0.717, 1.165) is 57.5 Å². The van der Waals surface area contributed by atoms with Crippen LogP contribution in [-0.2, 0) is 34.4 Å². The minimum atomic E-state index is -3.87. The first-order valence-electron chi connectivity index (χ1n) is 26.2. The Kier molecular flexibility index (Phi) is 27.0. The molecule has 2 saturated heterocycles. The van der Waals surface area contributed by atoms with E-state index < -0.39 is 31.7 Å². The average molecular weight is 1180 g/mol.